The molecule has 0 saturated heterocycles. The average Bonchev–Trinajstić information content (AvgIpc) is 3.02. The third kappa shape index (κ3) is 4.41. The molecule has 0 spiro atoms. The minimum atomic E-state index is -0.381. The molecule has 1 heterocycles. The highest BCUT2D eigenvalue weighted by molar-refractivity contribution is 5.95. The van der Waals surface area contributed by atoms with Crippen molar-refractivity contribution in [3.05, 3.63) is 82.9 Å². The van der Waals surface area contributed by atoms with Crippen LogP contribution in [-0.2, 0) is 13.1 Å². The molecule has 1 aromatic heterocycles. The number of halogens is 1. The van der Waals surface area contributed by atoms with E-state index in [2.05, 4.69) is 27.4 Å². The van der Waals surface area contributed by atoms with E-state index in [4.69, 9.17) is 0 Å². The van der Waals surface area contributed by atoms with E-state index in [1.54, 1.807) is 25.1 Å². The molecule has 2 aromatic carbocycles. The second-order valence-electron chi connectivity index (χ2n) is 6.74. The molecule has 0 atom stereocenters. The van der Waals surface area contributed by atoms with Crippen molar-refractivity contribution in [2.75, 3.05) is 14.1 Å². The van der Waals surface area contributed by atoms with Gasteiger partial charge < -0.3 is 10.2 Å². The summed E-state index contributed by atoms with van der Waals surface area (Å²) in [5, 5.41) is 7.07. The summed E-state index contributed by atoms with van der Waals surface area (Å²) in [6.45, 7) is 3.05. The normalized spacial score (nSPS) is 11.0. The summed E-state index contributed by atoms with van der Waals surface area (Å²) in [4.78, 5) is 14.6. The van der Waals surface area contributed by atoms with Crippen molar-refractivity contribution in [2.45, 2.75) is 20.0 Å². The van der Waals surface area contributed by atoms with Gasteiger partial charge in [-0.2, -0.15) is 5.10 Å². The van der Waals surface area contributed by atoms with Gasteiger partial charge in [0, 0.05) is 13.1 Å². The lowest BCUT2D eigenvalue weighted by Gasteiger charge is -2.10. The molecule has 5 nitrogen and oxygen atoms in total. The van der Waals surface area contributed by atoms with Gasteiger partial charge in [0.1, 0.15) is 11.5 Å². The van der Waals surface area contributed by atoms with Crippen LogP contribution in [0.1, 0.15) is 27.2 Å². The van der Waals surface area contributed by atoms with Crippen molar-refractivity contribution in [3.8, 4) is 5.69 Å². The summed E-state index contributed by atoms with van der Waals surface area (Å²) >= 11 is 0. The lowest BCUT2D eigenvalue weighted by molar-refractivity contribution is 0.0950. The molecule has 0 aliphatic carbocycles. The minimum absolute atomic E-state index is 0.229. The molecular weight excluding hydrogens is 343 g/mol. The zero-order valence-electron chi connectivity index (χ0n) is 15.7. The SMILES string of the molecule is Cc1c(C(=O)NCc2ccc(CN(C)C)cc2)cnn1-c1ccccc1F. The highest BCUT2D eigenvalue weighted by atomic mass is 19.1. The molecule has 6 heteroatoms. The van der Waals surface area contributed by atoms with Crippen LogP contribution in [0, 0.1) is 12.7 Å². The number of hydrogen-bond donors (Lipinski definition) is 1. The maximum atomic E-state index is 14.0. The van der Waals surface area contributed by atoms with Gasteiger partial charge in [0.05, 0.1) is 17.5 Å². The first kappa shape index (κ1) is 18.8. The summed E-state index contributed by atoms with van der Waals surface area (Å²) in [5.74, 6) is -0.610. The van der Waals surface area contributed by atoms with Gasteiger partial charge in [0.25, 0.3) is 5.91 Å². The van der Waals surface area contributed by atoms with Gasteiger partial charge in [-0.25, -0.2) is 9.07 Å². The lowest BCUT2D eigenvalue weighted by atomic mass is 10.1. The first-order chi connectivity index (χ1) is 13.0. The molecule has 1 N–H and O–H groups in total. The van der Waals surface area contributed by atoms with Crippen LogP contribution in [0.3, 0.4) is 0 Å². The number of hydrogen-bond acceptors (Lipinski definition) is 3. The van der Waals surface area contributed by atoms with Gasteiger partial charge >= 0.3 is 0 Å². The molecule has 0 aliphatic heterocycles. The van der Waals surface area contributed by atoms with E-state index in [1.165, 1.54) is 22.5 Å². The highest BCUT2D eigenvalue weighted by Gasteiger charge is 2.16. The summed E-state index contributed by atoms with van der Waals surface area (Å²) in [6.07, 6.45) is 1.47. The Labute approximate surface area is 158 Å². The molecular formula is C21H23FN4O. The zero-order chi connectivity index (χ0) is 19.4. The second kappa shape index (κ2) is 8.14. The molecule has 0 unspecified atom stereocenters. The molecule has 0 aliphatic rings. The van der Waals surface area contributed by atoms with Crippen LogP contribution in [0.5, 0.6) is 0 Å². The van der Waals surface area contributed by atoms with E-state index in [-0.39, 0.29) is 11.7 Å². The molecule has 3 rings (SSSR count). The van der Waals surface area contributed by atoms with E-state index < -0.39 is 0 Å². The number of carbonyl (C=O) groups is 1. The highest BCUT2D eigenvalue weighted by Crippen LogP contribution is 2.17. The topological polar surface area (TPSA) is 50.2 Å². The summed E-state index contributed by atoms with van der Waals surface area (Å²) in [6, 6.07) is 14.5. The van der Waals surface area contributed by atoms with Crippen molar-refractivity contribution >= 4 is 5.91 Å². The van der Waals surface area contributed by atoms with Gasteiger partial charge in [-0.3, -0.25) is 4.79 Å². The second-order valence-corrected chi connectivity index (χ2v) is 6.74. The molecule has 140 valence electrons. The number of rotatable bonds is 6. The number of aromatic nitrogens is 2. The van der Waals surface area contributed by atoms with Crippen LogP contribution < -0.4 is 5.32 Å². The first-order valence-corrected chi connectivity index (χ1v) is 8.76. The van der Waals surface area contributed by atoms with Crippen LogP contribution in [0.4, 0.5) is 4.39 Å². The maximum absolute atomic E-state index is 14.0. The Balaban J connectivity index is 1.68. The predicted molar refractivity (Wildman–Crippen MR) is 103 cm³/mol. The smallest absolute Gasteiger partial charge is 0.255 e. The van der Waals surface area contributed by atoms with Crippen LogP contribution in [0.15, 0.2) is 54.7 Å². The summed E-state index contributed by atoms with van der Waals surface area (Å²) in [7, 11) is 4.05. The lowest BCUT2D eigenvalue weighted by Crippen LogP contribution is -2.23. The third-order valence-corrected chi connectivity index (χ3v) is 4.31. The molecule has 0 fully saturated rings. The van der Waals surface area contributed by atoms with E-state index in [1.807, 2.05) is 26.2 Å². The quantitative estimate of drug-likeness (QED) is 0.728. The fourth-order valence-electron chi connectivity index (χ4n) is 2.90. The van der Waals surface area contributed by atoms with Crippen molar-refractivity contribution in [2.24, 2.45) is 0 Å². The Morgan fingerprint density at radius 2 is 1.78 bits per heavy atom. The zero-order valence-corrected chi connectivity index (χ0v) is 15.7. The van der Waals surface area contributed by atoms with Crippen LogP contribution in [-0.4, -0.2) is 34.7 Å². The van der Waals surface area contributed by atoms with Gasteiger partial charge in [-0.05, 0) is 44.3 Å². The monoisotopic (exact) mass is 366 g/mol. The predicted octanol–water partition coefficient (Wildman–Crippen LogP) is 3.31. The Kier molecular flexibility index (Phi) is 5.66. The van der Waals surface area contributed by atoms with E-state index in [0.29, 0.717) is 23.5 Å². The van der Waals surface area contributed by atoms with Crippen molar-refractivity contribution in [3.63, 3.8) is 0 Å². The first-order valence-electron chi connectivity index (χ1n) is 8.76. The number of nitrogens with one attached hydrogen (secondary N) is 1. The van der Waals surface area contributed by atoms with Gasteiger partial charge in [0.15, 0.2) is 0 Å². The molecule has 1 amide bonds. The van der Waals surface area contributed by atoms with E-state index in [9.17, 15) is 9.18 Å². The number of para-hydroxylation sites is 1. The van der Waals surface area contributed by atoms with E-state index >= 15 is 0 Å². The summed E-state index contributed by atoms with van der Waals surface area (Å²) in [5.41, 5.74) is 3.59. The van der Waals surface area contributed by atoms with Crippen LogP contribution in [0.2, 0.25) is 0 Å². The van der Waals surface area contributed by atoms with Crippen LogP contribution >= 0.6 is 0 Å². The Hall–Kier alpha value is -2.99. The number of amides is 1. The van der Waals surface area contributed by atoms with Gasteiger partial charge in [0.2, 0.25) is 0 Å². The maximum Gasteiger partial charge on any atom is 0.255 e. The minimum Gasteiger partial charge on any atom is -0.348 e. The molecule has 0 bridgehead atoms. The Morgan fingerprint density at radius 1 is 1.11 bits per heavy atom. The average molecular weight is 366 g/mol. The van der Waals surface area contributed by atoms with Crippen molar-refractivity contribution in [1.29, 1.82) is 0 Å². The fraction of sp³-hybridized carbons (Fsp3) is 0.238. The largest absolute Gasteiger partial charge is 0.348 e. The summed E-state index contributed by atoms with van der Waals surface area (Å²) < 4.78 is 15.4. The van der Waals surface area contributed by atoms with Gasteiger partial charge in [-0.1, -0.05) is 36.4 Å². The molecule has 3 aromatic rings. The standard InChI is InChI=1S/C21H23FN4O/c1-15-18(13-24-26(15)20-7-5-4-6-19(20)22)21(27)23-12-16-8-10-17(11-9-16)14-25(2)3/h4-11,13H,12,14H2,1-3H3,(H,23,27). The van der Waals surface area contributed by atoms with Crippen LogP contribution in [0.25, 0.3) is 5.69 Å². The van der Waals surface area contributed by atoms with Crippen molar-refractivity contribution < 1.29 is 9.18 Å². The molecule has 0 saturated carbocycles. The third-order valence-electron chi connectivity index (χ3n) is 4.31. The van der Waals surface area contributed by atoms with E-state index in [0.717, 1.165) is 12.1 Å². The Morgan fingerprint density at radius 3 is 2.44 bits per heavy atom. The molecule has 27 heavy (non-hydrogen) atoms. The number of benzene rings is 2. The number of nitrogens with zero attached hydrogens (tertiary/aromatic N) is 3. The molecule has 0 radical (unpaired) electrons. The number of carbonyl (C=O) groups excluding carboxylic acids is 1. The van der Waals surface area contributed by atoms with Gasteiger partial charge in [-0.15, -0.1) is 0 Å². The Bertz CT molecular complexity index is 932. The fourth-order valence-corrected chi connectivity index (χ4v) is 2.90. The van der Waals surface area contributed by atoms with Crippen molar-refractivity contribution in [1.82, 2.24) is 20.0 Å².